The Kier molecular flexibility index (Phi) is 4.97. The van der Waals surface area contributed by atoms with E-state index in [1.165, 1.54) is 38.5 Å². The summed E-state index contributed by atoms with van der Waals surface area (Å²) in [6, 6.07) is 7.94. The lowest BCUT2D eigenvalue weighted by Crippen LogP contribution is -2.25. The zero-order valence-corrected chi connectivity index (χ0v) is 13.5. The Morgan fingerprint density at radius 3 is 2.64 bits per heavy atom. The van der Waals surface area contributed by atoms with Crippen LogP contribution in [0.1, 0.15) is 56.9 Å². The van der Waals surface area contributed by atoms with E-state index >= 15 is 0 Å². The molecule has 2 aliphatic carbocycles. The molecule has 2 heteroatoms. The van der Waals surface area contributed by atoms with Gasteiger partial charge in [-0.2, -0.15) is 0 Å². The van der Waals surface area contributed by atoms with Crippen molar-refractivity contribution in [2.45, 2.75) is 51.4 Å². The zero-order chi connectivity index (χ0) is 15.4. The quantitative estimate of drug-likeness (QED) is 0.732. The van der Waals surface area contributed by atoms with E-state index in [0.29, 0.717) is 11.7 Å². The molecule has 0 radical (unpaired) electrons. The van der Waals surface area contributed by atoms with Crippen LogP contribution in [0.3, 0.4) is 0 Å². The van der Waals surface area contributed by atoms with Crippen molar-refractivity contribution in [1.82, 2.24) is 0 Å². The average molecular weight is 298 g/mol. The van der Waals surface area contributed by atoms with Crippen molar-refractivity contribution < 1.29 is 9.53 Å². The fourth-order valence-electron chi connectivity index (χ4n) is 4.04. The highest BCUT2D eigenvalue weighted by molar-refractivity contribution is 6.00. The van der Waals surface area contributed by atoms with Crippen LogP contribution in [0.2, 0.25) is 0 Å². The number of hydrogen-bond donors (Lipinski definition) is 0. The van der Waals surface area contributed by atoms with Gasteiger partial charge >= 0.3 is 0 Å². The number of Topliss-reactive ketones (excluding diaryl/α,β-unsaturated/α-hetero) is 1. The summed E-state index contributed by atoms with van der Waals surface area (Å²) in [6.45, 7) is 0. The molecule has 1 atom stereocenters. The van der Waals surface area contributed by atoms with Crippen LogP contribution in [-0.2, 0) is 4.79 Å². The van der Waals surface area contributed by atoms with E-state index in [4.69, 9.17) is 4.74 Å². The van der Waals surface area contributed by atoms with Gasteiger partial charge in [-0.25, -0.2) is 0 Å². The van der Waals surface area contributed by atoms with Crippen molar-refractivity contribution >= 4 is 11.9 Å². The third kappa shape index (κ3) is 3.60. The number of carbonyl (C=O) groups excluding carboxylic acids is 1. The number of allylic oxidation sites excluding steroid dienone is 1. The number of carbonyl (C=O) groups is 1. The topological polar surface area (TPSA) is 26.3 Å². The zero-order valence-electron chi connectivity index (χ0n) is 13.5. The van der Waals surface area contributed by atoms with Crippen LogP contribution in [0.15, 0.2) is 29.8 Å². The van der Waals surface area contributed by atoms with Crippen LogP contribution in [0.25, 0.3) is 6.08 Å². The number of ketones is 1. The smallest absolute Gasteiger partial charge is 0.159 e. The van der Waals surface area contributed by atoms with Gasteiger partial charge in [0.05, 0.1) is 7.11 Å². The maximum absolute atomic E-state index is 12.5. The van der Waals surface area contributed by atoms with Crippen LogP contribution < -0.4 is 4.74 Å². The third-order valence-electron chi connectivity index (χ3n) is 5.34. The number of ether oxygens (including phenoxy) is 1. The maximum Gasteiger partial charge on any atom is 0.159 e. The fourth-order valence-corrected chi connectivity index (χ4v) is 4.04. The molecule has 0 heterocycles. The van der Waals surface area contributed by atoms with Gasteiger partial charge in [-0.1, -0.05) is 44.2 Å². The first-order valence-corrected chi connectivity index (χ1v) is 8.64. The van der Waals surface area contributed by atoms with Crippen molar-refractivity contribution in [3.05, 3.63) is 35.4 Å². The van der Waals surface area contributed by atoms with Gasteiger partial charge in [0.15, 0.2) is 5.78 Å². The summed E-state index contributed by atoms with van der Waals surface area (Å²) in [5.41, 5.74) is 2.07. The molecule has 2 aliphatic rings. The molecule has 0 saturated heterocycles. The highest BCUT2D eigenvalue weighted by Crippen LogP contribution is 2.38. The van der Waals surface area contributed by atoms with E-state index in [0.717, 1.165) is 35.6 Å². The van der Waals surface area contributed by atoms with Crippen LogP contribution >= 0.6 is 0 Å². The molecule has 0 aromatic heterocycles. The molecular formula is C20H26O2. The molecule has 1 unspecified atom stereocenters. The Morgan fingerprint density at radius 1 is 1.09 bits per heavy atom. The first kappa shape index (κ1) is 15.3. The standard InChI is InChI=1S/C20H26O2/c1-22-19-9-5-6-15(13-19)12-18-11-10-17(14-20(18)21)16-7-3-2-4-8-16/h5-6,9,12-13,16-17H,2-4,7-8,10-11,14H2,1H3. The highest BCUT2D eigenvalue weighted by atomic mass is 16.5. The summed E-state index contributed by atoms with van der Waals surface area (Å²) in [5.74, 6) is 2.65. The lowest BCUT2D eigenvalue weighted by Gasteiger charge is -2.33. The minimum Gasteiger partial charge on any atom is -0.497 e. The van der Waals surface area contributed by atoms with E-state index in [1.54, 1.807) is 7.11 Å². The van der Waals surface area contributed by atoms with Gasteiger partial charge in [-0.05, 0) is 54.0 Å². The summed E-state index contributed by atoms with van der Waals surface area (Å²) in [5, 5.41) is 0. The van der Waals surface area contributed by atoms with Gasteiger partial charge in [0.2, 0.25) is 0 Å². The molecule has 22 heavy (non-hydrogen) atoms. The summed E-state index contributed by atoms with van der Waals surface area (Å²) >= 11 is 0. The second kappa shape index (κ2) is 7.13. The fraction of sp³-hybridized carbons (Fsp3) is 0.550. The van der Waals surface area contributed by atoms with Gasteiger partial charge in [0, 0.05) is 6.42 Å². The second-order valence-electron chi connectivity index (χ2n) is 6.77. The lowest BCUT2D eigenvalue weighted by atomic mass is 9.72. The van der Waals surface area contributed by atoms with Gasteiger partial charge in [-0.15, -0.1) is 0 Å². The number of hydrogen-bond acceptors (Lipinski definition) is 2. The predicted octanol–water partition coefficient (Wildman–Crippen LogP) is 5.03. The Morgan fingerprint density at radius 2 is 1.91 bits per heavy atom. The molecule has 0 aliphatic heterocycles. The van der Waals surface area contributed by atoms with Crippen molar-refractivity contribution in [2.24, 2.45) is 11.8 Å². The van der Waals surface area contributed by atoms with Gasteiger partial charge in [0.1, 0.15) is 5.75 Å². The molecule has 0 N–H and O–H groups in total. The van der Waals surface area contributed by atoms with Crippen LogP contribution in [0, 0.1) is 11.8 Å². The normalized spacial score (nSPS) is 25.4. The number of benzene rings is 1. The monoisotopic (exact) mass is 298 g/mol. The van der Waals surface area contributed by atoms with Crippen molar-refractivity contribution in [3.8, 4) is 5.75 Å². The molecule has 3 rings (SSSR count). The maximum atomic E-state index is 12.5. The Balaban J connectivity index is 1.67. The van der Waals surface area contributed by atoms with Crippen molar-refractivity contribution in [2.75, 3.05) is 7.11 Å². The summed E-state index contributed by atoms with van der Waals surface area (Å²) in [6.07, 6.45) is 11.7. The van der Waals surface area contributed by atoms with E-state index in [9.17, 15) is 4.79 Å². The first-order chi connectivity index (χ1) is 10.8. The molecule has 0 amide bonds. The average Bonchev–Trinajstić information content (AvgIpc) is 2.58. The molecule has 2 saturated carbocycles. The predicted molar refractivity (Wildman–Crippen MR) is 89.9 cm³/mol. The molecule has 1 aromatic rings. The van der Waals surface area contributed by atoms with E-state index in [2.05, 4.69) is 6.08 Å². The molecule has 0 spiro atoms. The Bertz CT molecular complexity index is 553. The molecular weight excluding hydrogens is 272 g/mol. The summed E-state index contributed by atoms with van der Waals surface area (Å²) in [7, 11) is 1.67. The molecule has 0 bridgehead atoms. The van der Waals surface area contributed by atoms with Crippen LogP contribution in [0.4, 0.5) is 0 Å². The van der Waals surface area contributed by atoms with E-state index in [-0.39, 0.29) is 0 Å². The van der Waals surface area contributed by atoms with Crippen molar-refractivity contribution in [1.29, 1.82) is 0 Å². The largest absolute Gasteiger partial charge is 0.497 e. The number of methoxy groups -OCH3 is 1. The number of rotatable bonds is 3. The first-order valence-electron chi connectivity index (χ1n) is 8.64. The van der Waals surface area contributed by atoms with E-state index < -0.39 is 0 Å². The molecule has 2 fully saturated rings. The molecule has 2 nitrogen and oxygen atoms in total. The van der Waals surface area contributed by atoms with Crippen molar-refractivity contribution in [3.63, 3.8) is 0 Å². The van der Waals surface area contributed by atoms with Gasteiger partial charge in [0.25, 0.3) is 0 Å². The Labute approximate surface area is 133 Å². The van der Waals surface area contributed by atoms with Gasteiger partial charge < -0.3 is 4.74 Å². The highest BCUT2D eigenvalue weighted by Gasteiger charge is 2.30. The Hall–Kier alpha value is -1.57. The molecule has 118 valence electrons. The lowest BCUT2D eigenvalue weighted by molar-refractivity contribution is -0.118. The molecule has 1 aromatic carbocycles. The SMILES string of the molecule is COc1cccc(C=C2CCC(C3CCCCC3)CC2=O)c1. The minimum absolute atomic E-state index is 0.365. The summed E-state index contributed by atoms with van der Waals surface area (Å²) in [4.78, 5) is 12.5. The third-order valence-corrected chi connectivity index (χ3v) is 5.34. The summed E-state index contributed by atoms with van der Waals surface area (Å²) < 4.78 is 5.25. The van der Waals surface area contributed by atoms with Crippen LogP contribution in [-0.4, -0.2) is 12.9 Å². The van der Waals surface area contributed by atoms with E-state index in [1.807, 2.05) is 24.3 Å². The van der Waals surface area contributed by atoms with Gasteiger partial charge in [-0.3, -0.25) is 4.79 Å². The van der Waals surface area contributed by atoms with Crippen LogP contribution in [0.5, 0.6) is 5.75 Å². The second-order valence-corrected chi connectivity index (χ2v) is 6.77. The minimum atomic E-state index is 0.365.